The van der Waals surface area contributed by atoms with Gasteiger partial charge in [0.05, 0.1) is 19.2 Å². The first-order chi connectivity index (χ1) is 10.6. The average Bonchev–Trinajstić information content (AvgIpc) is 2.35. The van der Waals surface area contributed by atoms with Gasteiger partial charge in [0, 0.05) is 11.3 Å². The smallest absolute Gasteiger partial charge is 0.370 e. The molecule has 3 N–H and O–H groups in total. The molecule has 0 aromatic carbocycles. The maximum atomic E-state index is 11.9. The fourth-order valence-electron chi connectivity index (χ4n) is 1.94. The molecule has 1 heterocycles. The number of hydrogen-bond donors (Lipinski definition) is 3. The van der Waals surface area contributed by atoms with Crippen molar-refractivity contribution < 1.29 is 22.7 Å². The molecule has 0 radical (unpaired) electrons. The second-order valence-corrected chi connectivity index (χ2v) is 5.30. The van der Waals surface area contributed by atoms with Crippen molar-refractivity contribution in [1.29, 1.82) is 0 Å². The van der Waals surface area contributed by atoms with Gasteiger partial charge in [-0.25, -0.2) is 4.79 Å². The molecule has 1 atom stereocenters. The van der Waals surface area contributed by atoms with Gasteiger partial charge in [0.15, 0.2) is 0 Å². The third-order valence-corrected chi connectivity index (χ3v) is 2.93. The van der Waals surface area contributed by atoms with Crippen molar-refractivity contribution in [1.82, 2.24) is 15.6 Å². The Morgan fingerprint density at radius 3 is 2.61 bits per heavy atom. The van der Waals surface area contributed by atoms with Crippen molar-refractivity contribution in [3.8, 4) is 0 Å². The summed E-state index contributed by atoms with van der Waals surface area (Å²) in [4.78, 5) is 26.1. The molecule has 1 unspecified atom stereocenters. The number of H-pyrrole nitrogens is 1. The number of aryl methyl sites for hydroxylation is 2. The Hall–Kier alpha value is -2.03. The largest absolute Gasteiger partial charge is 0.411 e. The van der Waals surface area contributed by atoms with Gasteiger partial charge >= 0.3 is 12.2 Å². The molecule has 0 saturated carbocycles. The molecule has 0 bridgehead atoms. The normalized spacial score (nSPS) is 12.8. The number of rotatable bonds is 6. The molecule has 1 aromatic rings. The average molecular weight is 335 g/mol. The third kappa shape index (κ3) is 7.18. The fourth-order valence-corrected chi connectivity index (χ4v) is 1.94. The van der Waals surface area contributed by atoms with E-state index in [1.165, 1.54) is 6.92 Å². The Balaban J connectivity index is 2.41. The van der Waals surface area contributed by atoms with Gasteiger partial charge in [0.2, 0.25) is 0 Å². The van der Waals surface area contributed by atoms with Crippen LogP contribution in [-0.4, -0.2) is 36.4 Å². The summed E-state index contributed by atoms with van der Waals surface area (Å²) < 4.78 is 40.2. The van der Waals surface area contributed by atoms with Crippen molar-refractivity contribution in [2.45, 2.75) is 39.5 Å². The number of carbonyl (C=O) groups excluding carboxylic acids is 1. The van der Waals surface area contributed by atoms with E-state index >= 15 is 0 Å². The van der Waals surface area contributed by atoms with Crippen LogP contribution in [0.4, 0.5) is 18.0 Å². The number of alkyl halides is 3. The molecule has 1 rings (SSSR count). The third-order valence-electron chi connectivity index (χ3n) is 2.93. The predicted molar refractivity (Wildman–Crippen MR) is 78.2 cm³/mol. The first-order valence-corrected chi connectivity index (χ1v) is 6.96. The lowest BCUT2D eigenvalue weighted by molar-refractivity contribution is -0.174. The molecule has 6 nitrogen and oxygen atoms in total. The van der Waals surface area contributed by atoms with Gasteiger partial charge in [-0.15, -0.1) is 0 Å². The summed E-state index contributed by atoms with van der Waals surface area (Å²) in [7, 11) is 0. The van der Waals surface area contributed by atoms with Gasteiger partial charge in [-0.3, -0.25) is 4.79 Å². The number of pyridine rings is 1. The van der Waals surface area contributed by atoms with E-state index in [1.807, 2.05) is 0 Å². The number of amides is 2. The van der Waals surface area contributed by atoms with Gasteiger partial charge in [0.25, 0.3) is 5.56 Å². The summed E-state index contributed by atoms with van der Waals surface area (Å²) in [5.74, 6) is 0. The Labute approximate surface area is 131 Å². The van der Waals surface area contributed by atoms with Crippen LogP contribution in [-0.2, 0) is 11.3 Å². The second kappa shape index (κ2) is 8.00. The van der Waals surface area contributed by atoms with E-state index in [0.29, 0.717) is 5.56 Å². The van der Waals surface area contributed by atoms with E-state index < -0.39 is 24.9 Å². The number of aromatic nitrogens is 1. The molecule has 0 spiro atoms. The molecule has 2 amide bonds. The van der Waals surface area contributed by atoms with Crippen molar-refractivity contribution >= 4 is 6.03 Å². The lowest BCUT2D eigenvalue weighted by atomic mass is 10.1. The highest BCUT2D eigenvalue weighted by Gasteiger charge is 2.27. The van der Waals surface area contributed by atoms with Crippen LogP contribution in [0, 0.1) is 13.8 Å². The minimum atomic E-state index is -4.40. The molecule has 9 heteroatoms. The molecule has 1 aromatic heterocycles. The van der Waals surface area contributed by atoms with Crippen LogP contribution in [0.5, 0.6) is 0 Å². The Morgan fingerprint density at radius 1 is 1.39 bits per heavy atom. The summed E-state index contributed by atoms with van der Waals surface area (Å²) in [5, 5.41) is 4.92. The van der Waals surface area contributed by atoms with Gasteiger partial charge in [-0.2, -0.15) is 13.2 Å². The van der Waals surface area contributed by atoms with E-state index in [9.17, 15) is 22.8 Å². The van der Waals surface area contributed by atoms with Crippen LogP contribution in [0.15, 0.2) is 10.9 Å². The van der Waals surface area contributed by atoms with E-state index in [-0.39, 0.29) is 18.7 Å². The summed E-state index contributed by atoms with van der Waals surface area (Å²) >= 11 is 0. The number of halogens is 3. The lowest BCUT2D eigenvalue weighted by Crippen LogP contribution is -2.43. The Morgan fingerprint density at radius 2 is 2.04 bits per heavy atom. The van der Waals surface area contributed by atoms with Gasteiger partial charge in [-0.05, 0) is 32.4 Å². The zero-order chi connectivity index (χ0) is 17.6. The number of urea groups is 1. The van der Waals surface area contributed by atoms with Crippen LogP contribution in [0.2, 0.25) is 0 Å². The molecule has 0 aliphatic carbocycles. The summed E-state index contributed by atoms with van der Waals surface area (Å²) in [6.45, 7) is 3.41. The Kier molecular flexibility index (Phi) is 6.62. The second-order valence-electron chi connectivity index (χ2n) is 5.30. The molecular formula is C14H20F3N3O3. The molecule has 0 aliphatic heterocycles. The first kappa shape index (κ1) is 19.0. The number of ether oxygens (including phenoxy) is 1. The molecule has 0 saturated heterocycles. The highest BCUT2D eigenvalue weighted by molar-refractivity contribution is 5.74. The number of carbonyl (C=O) groups is 1. The molecule has 0 fully saturated rings. The van der Waals surface area contributed by atoms with Crippen molar-refractivity contribution in [2.75, 3.05) is 13.2 Å². The lowest BCUT2D eigenvalue weighted by Gasteiger charge is -2.16. The highest BCUT2D eigenvalue weighted by atomic mass is 19.4. The van der Waals surface area contributed by atoms with Crippen molar-refractivity contribution in [3.63, 3.8) is 0 Å². The molecule has 23 heavy (non-hydrogen) atoms. The highest BCUT2D eigenvalue weighted by Crippen LogP contribution is 2.14. The quantitative estimate of drug-likeness (QED) is 0.741. The molecular weight excluding hydrogens is 315 g/mol. The van der Waals surface area contributed by atoms with E-state index in [0.717, 1.165) is 11.3 Å². The summed E-state index contributed by atoms with van der Waals surface area (Å²) in [6.07, 6.45) is -4.40. The maximum Gasteiger partial charge on any atom is 0.411 e. The zero-order valence-electron chi connectivity index (χ0n) is 13.1. The van der Waals surface area contributed by atoms with Crippen LogP contribution in [0.1, 0.15) is 23.7 Å². The van der Waals surface area contributed by atoms with Crippen molar-refractivity contribution in [2.24, 2.45) is 0 Å². The van der Waals surface area contributed by atoms with Crippen LogP contribution >= 0.6 is 0 Å². The first-order valence-electron chi connectivity index (χ1n) is 6.96. The van der Waals surface area contributed by atoms with Gasteiger partial charge in [0.1, 0.15) is 6.61 Å². The van der Waals surface area contributed by atoms with Gasteiger partial charge < -0.3 is 20.4 Å². The standard InChI is InChI=1S/C14H20F3N3O3/c1-8-4-9(2)19-12(21)11(8)5-18-13(22)20-10(3)6-23-7-14(15,16)17/h4,10H,5-7H2,1-3H3,(H,19,21)(H2,18,20,22). The van der Waals surface area contributed by atoms with E-state index in [2.05, 4.69) is 20.4 Å². The minimum absolute atomic E-state index is 0.0173. The van der Waals surface area contributed by atoms with Gasteiger partial charge in [-0.1, -0.05) is 0 Å². The number of aromatic amines is 1. The van der Waals surface area contributed by atoms with E-state index in [4.69, 9.17) is 0 Å². The topological polar surface area (TPSA) is 83.2 Å². The monoisotopic (exact) mass is 335 g/mol. The predicted octanol–water partition coefficient (Wildman–Crippen LogP) is 1.76. The van der Waals surface area contributed by atoms with Crippen LogP contribution < -0.4 is 16.2 Å². The van der Waals surface area contributed by atoms with Crippen LogP contribution in [0.3, 0.4) is 0 Å². The SMILES string of the molecule is Cc1cc(C)c(CNC(=O)NC(C)COCC(F)(F)F)c(=O)[nH]1. The fraction of sp³-hybridized carbons (Fsp3) is 0.571. The Bertz CT molecular complexity index is 599. The minimum Gasteiger partial charge on any atom is -0.370 e. The number of nitrogens with one attached hydrogen (secondary N) is 3. The number of hydrogen-bond acceptors (Lipinski definition) is 3. The summed E-state index contributed by atoms with van der Waals surface area (Å²) in [5.41, 5.74) is 1.60. The maximum absolute atomic E-state index is 11.9. The molecule has 130 valence electrons. The van der Waals surface area contributed by atoms with Crippen LogP contribution in [0.25, 0.3) is 0 Å². The van der Waals surface area contributed by atoms with E-state index in [1.54, 1.807) is 19.9 Å². The van der Waals surface area contributed by atoms with Crippen molar-refractivity contribution in [3.05, 3.63) is 33.2 Å². The zero-order valence-corrected chi connectivity index (χ0v) is 13.1. The summed E-state index contributed by atoms with van der Waals surface area (Å²) in [6, 6.07) is 0.589. The molecule has 0 aliphatic rings.